The van der Waals surface area contributed by atoms with Gasteiger partial charge in [-0.05, 0) is 24.3 Å². The lowest BCUT2D eigenvalue weighted by molar-refractivity contribution is -0.384. The highest BCUT2D eigenvalue weighted by Gasteiger charge is 2.18. The van der Waals surface area contributed by atoms with Crippen LogP contribution in [0.25, 0.3) is 0 Å². The molecular weight excluding hydrogens is 276 g/mol. The highest BCUT2D eigenvalue weighted by Crippen LogP contribution is 2.38. The summed E-state index contributed by atoms with van der Waals surface area (Å²) in [6.07, 6.45) is 0. The fraction of sp³-hybridized carbons (Fsp3) is 0.143. The van der Waals surface area contributed by atoms with Crippen molar-refractivity contribution in [1.29, 1.82) is 0 Å². The maximum absolute atomic E-state index is 10.8. The van der Waals surface area contributed by atoms with E-state index < -0.39 is 4.92 Å². The molecule has 0 saturated heterocycles. The summed E-state index contributed by atoms with van der Waals surface area (Å²) in [5.41, 5.74) is 5.42. The maximum Gasteiger partial charge on any atom is 0.296 e. The molecule has 2 aromatic carbocycles. The number of nitro groups is 1. The molecule has 0 aliphatic heterocycles. The molecule has 0 atom stereocenters. The van der Waals surface area contributed by atoms with Gasteiger partial charge in [0, 0.05) is 6.07 Å². The van der Waals surface area contributed by atoms with Gasteiger partial charge in [0.2, 0.25) is 0 Å². The largest absolute Gasteiger partial charge is 0.497 e. The van der Waals surface area contributed by atoms with Gasteiger partial charge in [0.1, 0.15) is 17.2 Å². The van der Waals surface area contributed by atoms with Gasteiger partial charge < -0.3 is 19.9 Å². The predicted octanol–water partition coefficient (Wildman–Crippen LogP) is 2.99. The third kappa shape index (κ3) is 3.14. The number of hydrogen-bond acceptors (Lipinski definition) is 6. The molecule has 0 amide bonds. The van der Waals surface area contributed by atoms with Crippen LogP contribution in [-0.4, -0.2) is 19.1 Å². The van der Waals surface area contributed by atoms with Crippen molar-refractivity contribution in [2.45, 2.75) is 0 Å². The van der Waals surface area contributed by atoms with Crippen LogP contribution in [0, 0.1) is 10.1 Å². The Hall–Kier alpha value is -2.96. The third-order valence-corrected chi connectivity index (χ3v) is 2.80. The van der Waals surface area contributed by atoms with Gasteiger partial charge in [-0.1, -0.05) is 0 Å². The van der Waals surface area contributed by atoms with Crippen molar-refractivity contribution in [3.8, 4) is 23.0 Å². The van der Waals surface area contributed by atoms with E-state index >= 15 is 0 Å². The average Bonchev–Trinajstić information content (AvgIpc) is 2.48. The standard InChI is InChI=1S/C14H14N2O5/c1-19-9-3-5-10(6-4-9)21-14-7-11(15)12(16(17)18)8-13(14)20-2/h3-8H,15H2,1-2H3. The molecule has 2 N–H and O–H groups in total. The molecule has 0 saturated carbocycles. The van der Waals surface area contributed by atoms with Crippen LogP contribution in [0.2, 0.25) is 0 Å². The fourth-order valence-electron chi connectivity index (χ4n) is 1.73. The second kappa shape index (κ2) is 6.00. The zero-order valence-electron chi connectivity index (χ0n) is 11.5. The normalized spacial score (nSPS) is 10.0. The van der Waals surface area contributed by atoms with Crippen LogP contribution in [0.4, 0.5) is 11.4 Å². The van der Waals surface area contributed by atoms with Crippen LogP contribution < -0.4 is 19.9 Å². The lowest BCUT2D eigenvalue weighted by Crippen LogP contribution is -1.98. The zero-order valence-corrected chi connectivity index (χ0v) is 11.5. The Morgan fingerprint density at radius 1 is 1.00 bits per heavy atom. The van der Waals surface area contributed by atoms with Crippen molar-refractivity contribution < 1.29 is 19.1 Å². The first kappa shape index (κ1) is 14.4. The Labute approximate surface area is 121 Å². The molecule has 0 aliphatic carbocycles. The van der Waals surface area contributed by atoms with Crippen LogP contribution in [-0.2, 0) is 0 Å². The van der Waals surface area contributed by atoms with E-state index in [2.05, 4.69) is 0 Å². The zero-order chi connectivity index (χ0) is 15.4. The number of ether oxygens (including phenoxy) is 3. The van der Waals surface area contributed by atoms with Crippen LogP contribution in [0.3, 0.4) is 0 Å². The summed E-state index contributed by atoms with van der Waals surface area (Å²) in [6.45, 7) is 0. The average molecular weight is 290 g/mol. The lowest BCUT2D eigenvalue weighted by Gasteiger charge is -2.11. The molecule has 0 radical (unpaired) electrons. The third-order valence-electron chi connectivity index (χ3n) is 2.80. The molecule has 0 aromatic heterocycles. The van der Waals surface area contributed by atoms with E-state index in [0.717, 1.165) is 0 Å². The Morgan fingerprint density at radius 3 is 2.14 bits per heavy atom. The van der Waals surface area contributed by atoms with Crippen molar-refractivity contribution in [3.05, 3.63) is 46.5 Å². The molecule has 0 aliphatic rings. The Morgan fingerprint density at radius 2 is 1.62 bits per heavy atom. The van der Waals surface area contributed by atoms with Crippen LogP contribution in [0.5, 0.6) is 23.0 Å². The number of nitrogens with two attached hydrogens (primary N) is 1. The number of methoxy groups -OCH3 is 2. The second-order valence-corrected chi connectivity index (χ2v) is 4.10. The number of nitrogen functional groups attached to an aromatic ring is 1. The minimum atomic E-state index is -0.574. The number of hydrogen-bond donors (Lipinski definition) is 1. The summed E-state index contributed by atoms with van der Waals surface area (Å²) in [5.74, 6) is 1.75. The fourth-order valence-corrected chi connectivity index (χ4v) is 1.73. The molecule has 21 heavy (non-hydrogen) atoms. The first-order chi connectivity index (χ1) is 10.0. The van der Waals surface area contributed by atoms with Gasteiger partial charge in [0.15, 0.2) is 11.5 Å². The predicted molar refractivity (Wildman–Crippen MR) is 77.1 cm³/mol. The molecule has 2 aromatic rings. The van der Waals surface area contributed by atoms with Gasteiger partial charge in [-0.15, -0.1) is 0 Å². The summed E-state index contributed by atoms with van der Waals surface area (Å²) in [4.78, 5) is 10.3. The van der Waals surface area contributed by atoms with Gasteiger partial charge in [-0.2, -0.15) is 0 Å². The number of nitro benzene ring substituents is 1. The Balaban J connectivity index is 2.34. The van der Waals surface area contributed by atoms with Crippen molar-refractivity contribution in [1.82, 2.24) is 0 Å². The molecule has 2 rings (SSSR count). The summed E-state index contributed by atoms with van der Waals surface area (Å²) in [7, 11) is 2.96. The number of anilines is 1. The van der Waals surface area contributed by atoms with E-state index in [1.54, 1.807) is 31.4 Å². The van der Waals surface area contributed by atoms with Crippen LogP contribution in [0.1, 0.15) is 0 Å². The molecule has 7 nitrogen and oxygen atoms in total. The first-order valence-electron chi connectivity index (χ1n) is 5.99. The van der Waals surface area contributed by atoms with Gasteiger partial charge in [-0.3, -0.25) is 10.1 Å². The van der Waals surface area contributed by atoms with Crippen molar-refractivity contribution in [2.24, 2.45) is 0 Å². The SMILES string of the molecule is COc1ccc(Oc2cc(N)c([N+](=O)[O-])cc2OC)cc1. The smallest absolute Gasteiger partial charge is 0.296 e. The van der Waals surface area contributed by atoms with E-state index in [-0.39, 0.29) is 17.1 Å². The monoisotopic (exact) mass is 290 g/mol. The van der Waals surface area contributed by atoms with E-state index in [1.165, 1.54) is 19.2 Å². The highest BCUT2D eigenvalue weighted by molar-refractivity contribution is 5.66. The number of rotatable bonds is 5. The number of benzene rings is 2. The van der Waals surface area contributed by atoms with Crippen LogP contribution in [0.15, 0.2) is 36.4 Å². The second-order valence-electron chi connectivity index (χ2n) is 4.10. The summed E-state index contributed by atoms with van der Waals surface area (Å²) < 4.78 is 15.8. The molecule has 0 heterocycles. The topological polar surface area (TPSA) is 96.9 Å². The molecule has 0 spiro atoms. The van der Waals surface area contributed by atoms with Gasteiger partial charge in [0.25, 0.3) is 5.69 Å². The minimum Gasteiger partial charge on any atom is -0.497 e. The molecule has 110 valence electrons. The van der Waals surface area contributed by atoms with Crippen molar-refractivity contribution >= 4 is 11.4 Å². The Kier molecular flexibility index (Phi) is 4.13. The van der Waals surface area contributed by atoms with Crippen LogP contribution >= 0.6 is 0 Å². The molecule has 0 fully saturated rings. The summed E-state index contributed by atoms with van der Waals surface area (Å²) in [6, 6.07) is 9.47. The lowest BCUT2D eigenvalue weighted by atomic mass is 10.2. The van der Waals surface area contributed by atoms with E-state index in [0.29, 0.717) is 17.2 Å². The minimum absolute atomic E-state index is 0.00399. The quantitative estimate of drug-likeness (QED) is 0.516. The maximum atomic E-state index is 10.8. The van der Waals surface area contributed by atoms with E-state index in [4.69, 9.17) is 19.9 Å². The molecular formula is C14H14N2O5. The van der Waals surface area contributed by atoms with Gasteiger partial charge >= 0.3 is 0 Å². The van der Waals surface area contributed by atoms with Crippen molar-refractivity contribution in [2.75, 3.05) is 20.0 Å². The van der Waals surface area contributed by atoms with E-state index in [1.807, 2.05) is 0 Å². The van der Waals surface area contributed by atoms with Gasteiger partial charge in [0.05, 0.1) is 25.2 Å². The summed E-state index contributed by atoms with van der Waals surface area (Å²) in [5, 5.41) is 10.8. The molecule has 0 unspecified atom stereocenters. The van der Waals surface area contributed by atoms with Gasteiger partial charge in [-0.25, -0.2) is 0 Å². The highest BCUT2D eigenvalue weighted by atomic mass is 16.6. The Bertz CT molecular complexity index is 655. The first-order valence-corrected chi connectivity index (χ1v) is 5.99. The summed E-state index contributed by atoms with van der Waals surface area (Å²) >= 11 is 0. The van der Waals surface area contributed by atoms with Crippen molar-refractivity contribution in [3.63, 3.8) is 0 Å². The molecule has 0 bridgehead atoms. The molecule has 7 heteroatoms. The number of nitrogens with zero attached hydrogens (tertiary/aromatic N) is 1. The van der Waals surface area contributed by atoms with E-state index in [9.17, 15) is 10.1 Å².